The number of hydrogen-bond acceptors (Lipinski definition) is 2. The summed E-state index contributed by atoms with van der Waals surface area (Å²) < 4.78 is 0. The van der Waals surface area contributed by atoms with Gasteiger partial charge in [0.1, 0.15) is 0 Å². The minimum Gasteiger partial charge on any atom is -0.348 e. The van der Waals surface area contributed by atoms with E-state index in [1.807, 2.05) is 43.3 Å². The molecule has 0 bridgehead atoms. The van der Waals surface area contributed by atoms with Crippen LogP contribution in [-0.4, -0.2) is 18.5 Å². The molecule has 0 aliphatic carbocycles. The number of hydrogen-bond donors (Lipinski definition) is 3. The molecule has 2 aromatic rings. The second-order valence-corrected chi connectivity index (χ2v) is 5.05. The lowest BCUT2D eigenvalue weighted by atomic mass is 9.95. The molecular formula is C17H17N3O2. The highest BCUT2D eigenvalue weighted by molar-refractivity contribution is 6.08. The van der Waals surface area contributed by atoms with Gasteiger partial charge in [0, 0.05) is 13.1 Å². The molecule has 112 valence electrons. The van der Waals surface area contributed by atoms with Gasteiger partial charge in [-0.1, -0.05) is 36.4 Å². The Balaban J connectivity index is 2.04. The van der Waals surface area contributed by atoms with Crippen LogP contribution in [-0.2, 0) is 6.54 Å². The fourth-order valence-corrected chi connectivity index (χ4v) is 2.67. The Morgan fingerprint density at radius 2 is 1.95 bits per heavy atom. The Bertz CT molecular complexity index is 726. The minimum absolute atomic E-state index is 0.153. The third kappa shape index (κ3) is 2.53. The highest BCUT2D eigenvalue weighted by Gasteiger charge is 2.26. The number of amides is 3. The van der Waals surface area contributed by atoms with Gasteiger partial charge in [-0.15, -0.1) is 0 Å². The molecule has 22 heavy (non-hydrogen) atoms. The first-order valence-electron chi connectivity index (χ1n) is 7.25. The van der Waals surface area contributed by atoms with E-state index < -0.39 is 0 Å². The van der Waals surface area contributed by atoms with Crippen molar-refractivity contribution in [2.24, 2.45) is 0 Å². The van der Waals surface area contributed by atoms with Crippen molar-refractivity contribution in [2.75, 3.05) is 11.9 Å². The average Bonchev–Trinajstić information content (AvgIpc) is 2.91. The van der Waals surface area contributed by atoms with Crippen LogP contribution in [0.25, 0.3) is 11.1 Å². The molecule has 3 rings (SSSR count). The molecule has 1 heterocycles. The van der Waals surface area contributed by atoms with Crippen molar-refractivity contribution in [1.82, 2.24) is 10.6 Å². The smallest absolute Gasteiger partial charge is 0.319 e. The molecule has 1 aliphatic rings. The van der Waals surface area contributed by atoms with E-state index in [1.165, 1.54) is 0 Å². The molecule has 0 fully saturated rings. The lowest BCUT2D eigenvalue weighted by Gasteiger charge is -2.13. The van der Waals surface area contributed by atoms with Gasteiger partial charge in [-0.2, -0.15) is 0 Å². The molecule has 1 aliphatic heterocycles. The SMILES string of the molecule is CCNC(=O)Nc1ccc(-c2ccccc2)c2c1C(=O)NC2. The van der Waals surface area contributed by atoms with Gasteiger partial charge in [0.15, 0.2) is 0 Å². The Hall–Kier alpha value is -2.82. The number of carbonyl (C=O) groups excluding carboxylic acids is 2. The van der Waals surface area contributed by atoms with Gasteiger partial charge < -0.3 is 16.0 Å². The van der Waals surface area contributed by atoms with Crippen molar-refractivity contribution >= 4 is 17.6 Å². The van der Waals surface area contributed by atoms with Gasteiger partial charge in [0.05, 0.1) is 11.3 Å². The first-order chi connectivity index (χ1) is 10.7. The van der Waals surface area contributed by atoms with Crippen molar-refractivity contribution in [2.45, 2.75) is 13.5 Å². The van der Waals surface area contributed by atoms with Crippen LogP contribution in [0.2, 0.25) is 0 Å². The fraction of sp³-hybridized carbons (Fsp3) is 0.176. The number of carbonyl (C=O) groups is 2. The maximum Gasteiger partial charge on any atom is 0.319 e. The summed E-state index contributed by atoms with van der Waals surface area (Å²) in [6.07, 6.45) is 0. The third-order valence-electron chi connectivity index (χ3n) is 3.64. The number of anilines is 1. The highest BCUT2D eigenvalue weighted by atomic mass is 16.2. The first-order valence-corrected chi connectivity index (χ1v) is 7.25. The molecule has 2 aromatic carbocycles. The number of urea groups is 1. The molecule has 5 heteroatoms. The number of rotatable bonds is 3. The van der Waals surface area contributed by atoms with Crippen LogP contribution in [0, 0.1) is 0 Å². The third-order valence-corrected chi connectivity index (χ3v) is 3.64. The summed E-state index contributed by atoms with van der Waals surface area (Å²) in [4.78, 5) is 23.8. The molecule has 0 saturated carbocycles. The predicted molar refractivity (Wildman–Crippen MR) is 85.7 cm³/mol. The van der Waals surface area contributed by atoms with Crippen LogP contribution < -0.4 is 16.0 Å². The van der Waals surface area contributed by atoms with Crippen molar-refractivity contribution in [1.29, 1.82) is 0 Å². The second-order valence-electron chi connectivity index (χ2n) is 5.05. The van der Waals surface area contributed by atoms with Crippen molar-refractivity contribution in [3.63, 3.8) is 0 Å². The number of benzene rings is 2. The van der Waals surface area contributed by atoms with E-state index in [0.29, 0.717) is 24.3 Å². The quantitative estimate of drug-likeness (QED) is 0.815. The summed E-state index contributed by atoms with van der Waals surface area (Å²) in [5, 5.41) is 8.24. The molecule has 3 amide bonds. The highest BCUT2D eigenvalue weighted by Crippen LogP contribution is 2.33. The van der Waals surface area contributed by atoms with Crippen LogP contribution in [0.15, 0.2) is 42.5 Å². The zero-order valence-corrected chi connectivity index (χ0v) is 12.3. The molecule has 5 nitrogen and oxygen atoms in total. The molecular weight excluding hydrogens is 278 g/mol. The average molecular weight is 295 g/mol. The largest absolute Gasteiger partial charge is 0.348 e. The Labute approximate surface area is 128 Å². The number of fused-ring (bicyclic) bond motifs is 1. The van der Waals surface area contributed by atoms with E-state index in [2.05, 4.69) is 16.0 Å². The molecule has 0 aromatic heterocycles. The normalized spacial score (nSPS) is 12.5. The lowest BCUT2D eigenvalue weighted by Crippen LogP contribution is -2.29. The maximum absolute atomic E-state index is 12.1. The van der Waals surface area contributed by atoms with Crippen LogP contribution >= 0.6 is 0 Å². The van der Waals surface area contributed by atoms with Gasteiger partial charge in [-0.05, 0) is 29.7 Å². The predicted octanol–water partition coefficient (Wildman–Crippen LogP) is 2.74. The minimum atomic E-state index is -0.308. The first kappa shape index (κ1) is 14.1. The van der Waals surface area contributed by atoms with E-state index in [0.717, 1.165) is 16.7 Å². The summed E-state index contributed by atoms with van der Waals surface area (Å²) >= 11 is 0. The summed E-state index contributed by atoms with van der Waals surface area (Å²) in [5.41, 5.74) is 4.07. The topological polar surface area (TPSA) is 70.2 Å². The zero-order chi connectivity index (χ0) is 15.5. The summed E-state index contributed by atoms with van der Waals surface area (Å²) in [6.45, 7) is 2.85. The summed E-state index contributed by atoms with van der Waals surface area (Å²) in [5.74, 6) is -0.153. The Morgan fingerprint density at radius 1 is 1.18 bits per heavy atom. The van der Waals surface area contributed by atoms with E-state index in [9.17, 15) is 9.59 Å². The van der Waals surface area contributed by atoms with E-state index >= 15 is 0 Å². The van der Waals surface area contributed by atoms with E-state index in [-0.39, 0.29) is 11.9 Å². The van der Waals surface area contributed by atoms with Crippen LogP contribution in [0.3, 0.4) is 0 Å². The molecule has 3 N–H and O–H groups in total. The zero-order valence-electron chi connectivity index (χ0n) is 12.3. The van der Waals surface area contributed by atoms with Crippen molar-refractivity contribution < 1.29 is 9.59 Å². The number of nitrogens with one attached hydrogen (secondary N) is 3. The van der Waals surface area contributed by atoms with Crippen LogP contribution in [0.5, 0.6) is 0 Å². The lowest BCUT2D eigenvalue weighted by molar-refractivity contribution is 0.0966. The molecule has 0 spiro atoms. The van der Waals surface area contributed by atoms with Gasteiger partial charge in [-0.3, -0.25) is 4.79 Å². The van der Waals surface area contributed by atoms with Crippen molar-refractivity contribution in [3.05, 3.63) is 53.6 Å². The van der Waals surface area contributed by atoms with Gasteiger partial charge in [0.2, 0.25) is 0 Å². The summed E-state index contributed by atoms with van der Waals surface area (Å²) in [6, 6.07) is 13.3. The molecule has 0 saturated heterocycles. The Kier molecular flexibility index (Phi) is 3.78. The van der Waals surface area contributed by atoms with Crippen LogP contribution in [0.1, 0.15) is 22.8 Å². The van der Waals surface area contributed by atoms with E-state index in [1.54, 1.807) is 6.07 Å². The Morgan fingerprint density at radius 3 is 2.68 bits per heavy atom. The van der Waals surface area contributed by atoms with Gasteiger partial charge in [-0.25, -0.2) is 4.79 Å². The van der Waals surface area contributed by atoms with Crippen molar-refractivity contribution in [3.8, 4) is 11.1 Å². The second kappa shape index (κ2) is 5.89. The molecule has 0 unspecified atom stereocenters. The summed E-state index contributed by atoms with van der Waals surface area (Å²) in [7, 11) is 0. The molecule has 0 atom stereocenters. The monoisotopic (exact) mass is 295 g/mol. The van der Waals surface area contributed by atoms with Crippen LogP contribution in [0.4, 0.5) is 10.5 Å². The molecule has 0 radical (unpaired) electrons. The van der Waals surface area contributed by atoms with E-state index in [4.69, 9.17) is 0 Å². The maximum atomic E-state index is 12.1. The van der Waals surface area contributed by atoms with Gasteiger partial charge >= 0.3 is 6.03 Å². The standard InChI is InChI=1S/C17H17N3O2/c1-2-18-17(22)20-14-9-8-12(11-6-4-3-5-7-11)13-10-19-16(21)15(13)14/h3-9H,2,10H2,1H3,(H,19,21)(H2,18,20,22). The fourth-order valence-electron chi connectivity index (χ4n) is 2.67. The van der Waals surface area contributed by atoms with Gasteiger partial charge in [0.25, 0.3) is 5.91 Å².